The molecular weight excluding hydrogens is 410 g/mol. The Labute approximate surface area is 176 Å². The first-order valence-corrected chi connectivity index (χ1v) is 10.2. The van der Waals surface area contributed by atoms with Crippen LogP contribution < -0.4 is 15.5 Å². The van der Waals surface area contributed by atoms with Crippen LogP contribution in [-0.2, 0) is 10.3 Å². The number of fused-ring (bicyclic) bond motifs is 1. The molecule has 2 aromatic rings. The standard InChI is InChI=1S/C20H22F2N6O3/c1-19(21,22)16-14-15(24-10-25-17(14)27-18(29)31-16)12-8-11(20(30)2-3-20)9-13(26-12)28-6-4-23-5-7-28/h8-10,16,23,30H,2-7H2,1H3,(H,24,25,27,29)/t16-/m1/s1. The third-order valence-corrected chi connectivity index (χ3v) is 5.81. The molecule has 1 aliphatic carbocycles. The molecule has 2 aromatic heterocycles. The largest absolute Gasteiger partial charge is 0.434 e. The number of cyclic esters (lactones) is 1. The third-order valence-electron chi connectivity index (χ3n) is 5.81. The van der Waals surface area contributed by atoms with Gasteiger partial charge in [-0.25, -0.2) is 28.5 Å². The minimum Gasteiger partial charge on any atom is -0.434 e. The van der Waals surface area contributed by atoms with Crippen molar-refractivity contribution in [2.75, 3.05) is 36.4 Å². The predicted molar refractivity (Wildman–Crippen MR) is 107 cm³/mol. The van der Waals surface area contributed by atoms with Crippen molar-refractivity contribution in [3.8, 4) is 11.4 Å². The Morgan fingerprint density at radius 3 is 2.68 bits per heavy atom. The van der Waals surface area contributed by atoms with Crippen LogP contribution in [0.25, 0.3) is 11.4 Å². The lowest BCUT2D eigenvalue weighted by atomic mass is 9.98. The Morgan fingerprint density at radius 1 is 1.26 bits per heavy atom. The monoisotopic (exact) mass is 432 g/mol. The van der Waals surface area contributed by atoms with Crippen molar-refractivity contribution in [1.29, 1.82) is 0 Å². The summed E-state index contributed by atoms with van der Waals surface area (Å²) in [7, 11) is 0. The number of aliphatic hydroxyl groups is 1. The maximum absolute atomic E-state index is 14.4. The average Bonchev–Trinajstić information content (AvgIpc) is 3.51. The van der Waals surface area contributed by atoms with Gasteiger partial charge in [-0.2, -0.15) is 0 Å². The van der Waals surface area contributed by atoms with Crippen molar-refractivity contribution >= 4 is 17.7 Å². The highest BCUT2D eigenvalue weighted by molar-refractivity contribution is 5.88. The molecule has 2 aliphatic heterocycles. The number of aromatic nitrogens is 3. The van der Waals surface area contributed by atoms with Crippen LogP contribution in [0, 0.1) is 0 Å². The van der Waals surface area contributed by atoms with E-state index >= 15 is 0 Å². The number of carbonyl (C=O) groups excluding carboxylic acids is 1. The molecule has 0 radical (unpaired) electrons. The van der Waals surface area contributed by atoms with Crippen molar-refractivity contribution in [2.45, 2.75) is 37.4 Å². The van der Waals surface area contributed by atoms with Crippen LogP contribution in [-0.4, -0.2) is 58.3 Å². The van der Waals surface area contributed by atoms with E-state index in [2.05, 4.69) is 25.5 Å². The van der Waals surface area contributed by atoms with Gasteiger partial charge in [-0.05, 0) is 30.5 Å². The summed E-state index contributed by atoms with van der Waals surface area (Å²) in [6, 6.07) is 3.52. The van der Waals surface area contributed by atoms with Gasteiger partial charge >= 0.3 is 6.09 Å². The number of anilines is 2. The van der Waals surface area contributed by atoms with Gasteiger partial charge in [-0.15, -0.1) is 0 Å². The lowest BCUT2D eigenvalue weighted by molar-refractivity contribution is -0.0985. The van der Waals surface area contributed by atoms with Crippen molar-refractivity contribution in [3.63, 3.8) is 0 Å². The first kappa shape index (κ1) is 20.0. The molecule has 1 saturated carbocycles. The van der Waals surface area contributed by atoms with E-state index in [1.165, 1.54) is 6.33 Å². The van der Waals surface area contributed by atoms with Gasteiger partial charge in [-0.3, -0.25) is 5.32 Å². The molecule has 0 unspecified atom stereocenters. The molecule has 2 fully saturated rings. The lowest BCUT2D eigenvalue weighted by Crippen LogP contribution is -2.44. The number of piperazine rings is 1. The number of rotatable bonds is 4. The first-order valence-electron chi connectivity index (χ1n) is 10.2. The van der Waals surface area contributed by atoms with E-state index in [1.807, 2.05) is 6.07 Å². The number of nitrogens with one attached hydrogen (secondary N) is 2. The van der Waals surface area contributed by atoms with Gasteiger partial charge in [0.25, 0.3) is 5.92 Å². The van der Waals surface area contributed by atoms with E-state index in [0.29, 0.717) is 36.8 Å². The fourth-order valence-corrected chi connectivity index (χ4v) is 3.97. The van der Waals surface area contributed by atoms with E-state index in [-0.39, 0.29) is 17.1 Å². The molecule has 1 saturated heterocycles. The normalized spacial score (nSPS) is 22.4. The molecule has 0 bridgehead atoms. The summed E-state index contributed by atoms with van der Waals surface area (Å²) in [5.74, 6) is -2.75. The maximum Gasteiger partial charge on any atom is 0.413 e. The van der Waals surface area contributed by atoms with Crippen LogP contribution in [0.15, 0.2) is 18.5 Å². The zero-order valence-corrected chi connectivity index (χ0v) is 16.9. The fourth-order valence-electron chi connectivity index (χ4n) is 3.97. The Kier molecular flexibility index (Phi) is 4.56. The SMILES string of the molecule is CC(F)(F)[C@@H]1OC(=O)Nc2ncnc(-c3cc(C4(O)CC4)cc(N4CCNCC4)n3)c21. The minimum atomic E-state index is -3.36. The molecule has 1 atom stereocenters. The summed E-state index contributed by atoms with van der Waals surface area (Å²) in [5, 5.41) is 16.4. The molecule has 0 spiro atoms. The minimum absolute atomic E-state index is 0.0335. The molecular formula is C20H22F2N6O3. The molecule has 3 N–H and O–H groups in total. The van der Waals surface area contributed by atoms with Crippen LogP contribution in [0.5, 0.6) is 0 Å². The summed E-state index contributed by atoms with van der Waals surface area (Å²) < 4.78 is 33.7. The Bertz CT molecular complexity index is 1030. The van der Waals surface area contributed by atoms with Crippen LogP contribution in [0.2, 0.25) is 0 Å². The number of amides is 1. The molecule has 11 heteroatoms. The van der Waals surface area contributed by atoms with Gasteiger partial charge in [0.05, 0.1) is 16.9 Å². The highest BCUT2D eigenvalue weighted by Gasteiger charge is 2.46. The highest BCUT2D eigenvalue weighted by atomic mass is 19.3. The van der Waals surface area contributed by atoms with Gasteiger partial charge < -0.3 is 20.1 Å². The summed E-state index contributed by atoms with van der Waals surface area (Å²) in [5.41, 5.74) is 0.136. The molecule has 164 valence electrons. The van der Waals surface area contributed by atoms with E-state index < -0.39 is 23.7 Å². The van der Waals surface area contributed by atoms with E-state index in [4.69, 9.17) is 9.72 Å². The average molecular weight is 432 g/mol. The molecule has 5 rings (SSSR count). The van der Waals surface area contributed by atoms with Crippen molar-refractivity contribution in [3.05, 3.63) is 29.6 Å². The van der Waals surface area contributed by atoms with Crippen molar-refractivity contribution in [1.82, 2.24) is 20.3 Å². The summed E-state index contributed by atoms with van der Waals surface area (Å²) in [4.78, 5) is 26.8. The summed E-state index contributed by atoms with van der Waals surface area (Å²) in [6.07, 6.45) is -0.429. The topological polar surface area (TPSA) is 112 Å². The Morgan fingerprint density at radius 2 is 2.00 bits per heavy atom. The quantitative estimate of drug-likeness (QED) is 0.674. The van der Waals surface area contributed by atoms with E-state index in [1.54, 1.807) is 6.07 Å². The number of ether oxygens (including phenoxy) is 1. The van der Waals surface area contributed by atoms with Crippen LogP contribution in [0.3, 0.4) is 0 Å². The van der Waals surface area contributed by atoms with E-state index in [0.717, 1.165) is 26.2 Å². The molecule has 1 amide bonds. The molecule has 31 heavy (non-hydrogen) atoms. The first-order chi connectivity index (χ1) is 14.7. The molecule has 3 aliphatic rings. The summed E-state index contributed by atoms with van der Waals surface area (Å²) >= 11 is 0. The second kappa shape index (κ2) is 7.06. The van der Waals surface area contributed by atoms with Gasteiger partial charge in [0, 0.05) is 33.1 Å². The Hall–Kier alpha value is -2.92. The number of halogens is 2. The number of hydrogen-bond donors (Lipinski definition) is 3. The smallest absolute Gasteiger partial charge is 0.413 e. The van der Waals surface area contributed by atoms with Gasteiger partial charge in [0.2, 0.25) is 0 Å². The number of carbonyl (C=O) groups is 1. The molecule has 4 heterocycles. The second-order valence-electron chi connectivity index (χ2n) is 8.22. The predicted octanol–water partition coefficient (Wildman–Crippen LogP) is 2.19. The molecule has 9 nitrogen and oxygen atoms in total. The van der Waals surface area contributed by atoms with Gasteiger partial charge in [-0.1, -0.05) is 0 Å². The van der Waals surface area contributed by atoms with Gasteiger partial charge in [0.1, 0.15) is 23.7 Å². The van der Waals surface area contributed by atoms with Crippen molar-refractivity contribution < 1.29 is 23.4 Å². The lowest BCUT2D eigenvalue weighted by Gasteiger charge is -2.31. The number of hydrogen-bond acceptors (Lipinski definition) is 8. The van der Waals surface area contributed by atoms with Gasteiger partial charge in [0.15, 0.2) is 6.10 Å². The Balaban J connectivity index is 1.67. The maximum atomic E-state index is 14.4. The van der Waals surface area contributed by atoms with Crippen molar-refractivity contribution in [2.24, 2.45) is 0 Å². The van der Waals surface area contributed by atoms with Crippen LogP contribution in [0.4, 0.5) is 25.2 Å². The van der Waals surface area contributed by atoms with Crippen LogP contribution in [0.1, 0.15) is 37.0 Å². The van der Waals surface area contributed by atoms with Crippen LogP contribution >= 0.6 is 0 Å². The third kappa shape index (κ3) is 3.68. The zero-order chi connectivity index (χ0) is 21.8. The fraction of sp³-hybridized carbons (Fsp3) is 0.500. The summed E-state index contributed by atoms with van der Waals surface area (Å²) in [6.45, 7) is 3.71. The highest BCUT2D eigenvalue weighted by Crippen LogP contribution is 2.48. The number of nitrogens with zero attached hydrogens (tertiary/aromatic N) is 4. The second-order valence-corrected chi connectivity index (χ2v) is 8.22. The number of pyridine rings is 1. The molecule has 0 aromatic carbocycles. The number of alkyl halides is 2. The van der Waals surface area contributed by atoms with E-state index in [9.17, 15) is 18.7 Å². The zero-order valence-electron chi connectivity index (χ0n) is 16.9.